The van der Waals surface area contributed by atoms with E-state index in [0.29, 0.717) is 5.56 Å². The van der Waals surface area contributed by atoms with Crippen LogP contribution < -0.4 is 5.32 Å². The van der Waals surface area contributed by atoms with Crippen LogP contribution in [0.4, 0.5) is 5.69 Å². The van der Waals surface area contributed by atoms with Crippen LogP contribution in [-0.4, -0.2) is 64.7 Å². The number of amides is 2. The van der Waals surface area contributed by atoms with E-state index in [2.05, 4.69) is 5.32 Å². The molecule has 1 aliphatic rings. The molecule has 0 radical (unpaired) electrons. The van der Waals surface area contributed by atoms with Gasteiger partial charge in [0.05, 0.1) is 23.1 Å². The van der Waals surface area contributed by atoms with Crippen LogP contribution in [0.15, 0.2) is 78.9 Å². The van der Waals surface area contributed by atoms with E-state index in [1.807, 2.05) is 20.8 Å². The lowest BCUT2D eigenvalue weighted by molar-refractivity contribution is -0.384. The van der Waals surface area contributed by atoms with Gasteiger partial charge in [-0.3, -0.25) is 24.5 Å². The molecule has 0 aromatic heterocycles. The number of carbonyl (C=O) groups is 3. The first kappa shape index (κ1) is 32.3. The molecule has 0 bridgehead atoms. The van der Waals surface area contributed by atoms with E-state index in [9.17, 15) is 38.0 Å². The molecule has 1 heterocycles. The molecule has 2 atom stereocenters. The van der Waals surface area contributed by atoms with E-state index in [4.69, 9.17) is 0 Å². The molecule has 3 aromatic rings. The quantitative estimate of drug-likeness (QED) is 0.254. The zero-order valence-electron chi connectivity index (χ0n) is 24.5. The third-order valence-corrected chi connectivity index (χ3v) is 9.15. The lowest BCUT2D eigenvalue weighted by Crippen LogP contribution is -2.54. The van der Waals surface area contributed by atoms with Gasteiger partial charge in [-0.1, -0.05) is 75.4 Å². The number of nitrogens with one attached hydrogen (secondary N) is 1. The largest absolute Gasteiger partial charge is 0.481 e. The van der Waals surface area contributed by atoms with Crippen LogP contribution in [0.1, 0.15) is 60.3 Å². The maximum atomic E-state index is 13.9. The first-order valence-electron chi connectivity index (χ1n) is 13.9. The van der Waals surface area contributed by atoms with Gasteiger partial charge >= 0.3 is 5.97 Å². The highest BCUT2D eigenvalue weighted by Gasteiger charge is 2.46. The van der Waals surface area contributed by atoms with E-state index in [1.165, 1.54) is 18.2 Å². The molecule has 2 amide bonds. The van der Waals surface area contributed by atoms with E-state index >= 15 is 0 Å². The Bertz CT molecular complexity index is 1650. The lowest BCUT2D eigenvalue weighted by atomic mass is 9.86. The van der Waals surface area contributed by atoms with Gasteiger partial charge in [0.2, 0.25) is 10.0 Å². The van der Waals surface area contributed by atoms with E-state index in [0.717, 1.165) is 20.8 Å². The molecule has 0 aliphatic carbocycles. The van der Waals surface area contributed by atoms with Crippen molar-refractivity contribution in [2.45, 2.75) is 50.6 Å². The topological polar surface area (TPSA) is 167 Å². The number of carbonyl (C=O) groups excluding carboxylic acids is 2. The third-order valence-electron chi connectivity index (χ3n) is 7.35. The molecule has 1 aliphatic heterocycles. The van der Waals surface area contributed by atoms with Crippen molar-refractivity contribution in [3.05, 3.63) is 111 Å². The van der Waals surface area contributed by atoms with Crippen molar-refractivity contribution in [3.63, 3.8) is 0 Å². The Labute approximate surface area is 255 Å². The average Bonchev–Trinajstić information content (AvgIpc) is 3.43. The van der Waals surface area contributed by atoms with Crippen molar-refractivity contribution >= 4 is 33.5 Å². The van der Waals surface area contributed by atoms with Crippen LogP contribution in [0.2, 0.25) is 0 Å². The van der Waals surface area contributed by atoms with Gasteiger partial charge < -0.3 is 15.3 Å². The van der Waals surface area contributed by atoms with Crippen molar-refractivity contribution in [2.75, 3.05) is 13.1 Å². The summed E-state index contributed by atoms with van der Waals surface area (Å²) in [5.74, 6) is -3.23. The summed E-state index contributed by atoms with van der Waals surface area (Å²) < 4.78 is 28.3. The first-order valence-corrected chi connectivity index (χ1v) is 15.5. The molecule has 232 valence electrons. The number of nitrogens with zero attached hydrogens (tertiary/aromatic N) is 3. The second-order valence-electron chi connectivity index (χ2n) is 11.6. The molecule has 1 saturated heterocycles. The molecule has 13 heteroatoms. The van der Waals surface area contributed by atoms with E-state index < -0.39 is 57.1 Å². The number of rotatable bonds is 10. The van der Waals surface area contributed by atoms with Crippen molar-refractivity contribution in [1.82, 2.24) is 14.5 Å². The zero-order valence-corrected chi connectivity index (χ0v) is 25.4. The normalized spacial score (nSPS) is 16.3. The van der Waals surface area contributed by atoms with Crippen molar-refractivity contribution < 1.29 is 32.8 Å². The van der Waals surface area contributed by atoms with E-state index in [-0.39, 0.29) is 35.3 Å². The zero-order chi connectivity index (χ0) is 32.2. The molecule has 12 nitrogen and oxygen atoms in total. The van der Waals surface area contributed by atoms with Crippen molar-refractivity contribution in [1.29, 1.82) is 0 Å². The van der Waals surface area contributed by atoms with Crippen LogP contribution in [0.3, 0.4) is 0 Å². The summed E-state index contributed by atoms with van der Waals surface area (Å²) in [6.07, 6.45) is -2.27. The summed E-state index contributed by atoms with van der Waals surface area (Å²) in [6.45, 7) is 5.81. The molecule has 4 rings (SSSR count). The minimum atomic E-state index is -4.15. The number of hydrogen-bond donors (Lipinski definition) is 2. The SMILES string of the molecule is CC(C)(C)c1ccc(C(=O)N2CCN(S(=O)(=O)Cc3ccccc3)C2C(=O)NC(CC(=O)O)c2cccc([N+](=O)[O-])c2)cc1. The van der Waals surface area contributed by atoms with Gasteiger partial charge in [-0.25, -0.2) is 8.42 Å². The van der Waals surface area contributed by atoms with Gasteiger partial charge in [0.1, 0.15) is 0 Å². The van der Waals surface area contributed by atoms with E-state index in [1.54, 1.807) is 54.6 Å². The molecule has 2 N–H and O–H groups in total. The number of aliphatic carboxylic acids is 1. The summed E-state index contributed by atoms with van der Waals surface area (Å²) in [5.41, 5.74) is 1.36. The number of nitro benzene ring substituents is 1. The van der Waals surface area contributed by atoms with Crippen LogP contribution in [0.5, 0.6) is 0 Å². The first-order chi connectivity index (χ1) is 20.7. The average molecular weight is 623 g/mol. The Morgan fingerprint density at radius 3 is 2.25 bits per heavy atom. The summed E-state index contributed by atoms with van der Waals surface area (Å²) in [7, 11) is -4.15. The fourth-order valence-electron chi connectivity index (χ4n) is 5.06. The molecule has 0 saturated carbocycles. The summed E-state index contributed by atoms with van der Waals surface area (Å²) in [4.78, 5) is 51.3. The Balaban J connectivity index is 1.71. The number of sulfonamides is 1. The van der Waals surface area contributed by atoms with Gasteiger partial charge in [0.15, 0.2) is 6.17 Å². The van der Waals surface area contributed by atoms with Gasteiger partial charge in [-0.2, -0.15) is 4.31 Å². The predicted octanol–water partition coefficient (Wildman–Crippen LogP) is 3.84. The smallest absolute Gasteiger partial charge is 0.305 e. The van der Waals surface area contributed by atoms with Crippen LogP contribution in [0, 0.1) is 10.1 Å². The Morgan fingerprint density at radius 1 is 1.00 bits per heavy atom. The molecule has 0 spiro atoms. The van der Waals surface area contributed by atoms with Crippen LogP contribution in [-0.2, 0) is 30.8 Å². The molecule has 3 aromatic carbocycles. The molecule has 2 unspecified atom stereocenters. The van der Waals surface area contributed by atoms with Crippen LogP contribution >= 0.6 is 0 Å². The fraction of sp³-hybridized carbons (Fsp3) is 0.323. The summed E-state index contributed by atoms with van der Waals surface area (Å²) in [5, 5.41) is 23.5. The Kier molecular flexibility index (Phi) is 9.50. The number of carboxylic acid groups (broad SMARTS) is 1. The predicted molar refractivity (Wildman–Crippen MR) is 162 cm³/mol. The number of nitro groups is 1. The fourth-order valence-corrected chi connectivity index (χ4v) is 6.71. The summed E-state index contributed by atoms with van der Waals surface area (Å²) >= 11 is 0. The number of non-ortho nitro benzene ring substituents is 1. The molecule has 1 fully saturated rings. The summed E-state index contributed by atoms with van der Waals surface area (Å²) in [6, 6.07) is 19.1. The number of hydrogen-bond acceptors (Lipinski definition) is 7. The molecule has 44 heavy (non-hydrogen) atoms. The van der Waals surface area contributed by atoms with Gasteiger partial charge in [0.25, 0.3) is 17.5 Å². The minimum Gasteiger partial charge on any atom is -0.481 e. The van der Waals surface area contributed by atoms with Gasteiger partial charge in [-0.05, 0) is 34.2 Å². The van der Waals surface area contributed by atoms with Crippen molar-refractivity contribution in [3.8, 4) is 0 Å². The molecular weight excluding hydrogens is 588 g/mol. The molecular formula is C31H34N4O8S. The highest BCUT2D eigenvalue weighted by molar-refractivity contribution is 7.88. The third kappa shape index (κ3) is 7.47. The number of carboxylic acids is 1. The maximum absolute atomic E-state index is 13.9. The van der Waals surface area contributed by atoms with Crippen molar-refractivity contribution in [2.24, 2.45) is 0 Å². The highest BCUT2D eigenvalue weighted by Crippen LogP contribution is 2.28. The maximum Gasteiger partial charge on any atom is 0.305 e. The van der Waals surface area contributed by atoms with Crippen LogP contribution in [0.25, 0.3) is 0 Å². The standard InChI is InChI=1S/C31H34N4O8S/c1-31(2,3)24-14-12-22(13-15-24)30(39)33-16-17-34(44(42,43)20-21-8-5-4-6-9-21)29(33)28(38)32-26(19-27(36)37)23-10-7-11-25(18-23)35(40)41/h4-15,18,26,29H,16-17,19-20H2,1-3H3,(H,32,38)(H,36,37). The second-order valence-corrected chi connectivity index (χ2v) is 13.5. The highest BCUT2D eigenvalue weighted by atomic mass is 32.2. The lowest BCUT2D eigenvalue weighted by Gasteiger charge is -2.30. The van der Waals surface area contributed by atoms with Gasteiger partial charge in [-0.15, -0.1) is 0 Å². The second kappa shape index (κ2) is 12.9. The Morgan fingerprint density at radius 2 is 1.66 bits per heavy atom. The monoisotopic (exact) mass is 622 g/mol. The number of benzene rings is 3. The Hall–Kier alpha value is -4.62. The minimum absolute atomic E-state index is 0.0909. The van der Waals surface area contributed by atoms with Gasteiger partial charge in [0, 0.05) is 30.8 Å².